The van der Waals surface area contributed by atoms with Gasteiger partial charge in [-0.25, -0.2) is 24.5 Å². The lowest BCUT2D eigenvalue weighted by molar-refractivity contribution is -0.119. The van der Waals surface area contributed by atoms with E-state index in [0.717, 1.165) is 12.2 Å². The third kappa shape index (κ3) is 5.86. The van der Waals surface area contributed by atoms with Gasteiger partial charge in [0.25, 0.3) is 0 Å². The number of azide groups is 1. The molecule has 2 aromatic rings. The highest BCUT2D eigenvalue weighted by molar-refractivity contribution is 8.00. The van der Waals surface area contributed by atoms with Crippen molar-refractivity contribution in [2.24, 2.45) is 5.11 Å². The van der Waals surface area contributed by atoms with Crippen LogP contribution in [-0.4, -0.2) is 92.9 Å². The summed E-state index contributed by atoms with van der Waals surface area (Å²) in [5, 5.41) is 20.4. The summed E-state index contributed by atoms with van der Waals surface area (Å²) in [5.74, 6) is 0.276. The Bertz CT molecular complexity index is 1430. The van der Waals surface area contributed by atoms with Crippen molar-refractivity contribution in [3.63, 3.8) is 0 Å². The highest BCUT2D eigenvalue weighted by Crippen LogP contribution is 2.35. The predicted octanol–water partition coefficient (Wildman–Crippen LogP) is -0.978. The second-order valence-electron chi connectivity index (χ2n) is 9.58. The summed E-state index contributed by atoms with van der Waals surface area (Å²) in [7, 11) is -4.26. The first kappa shape index (κ1) is 28.1. The van der Waals surface area contributed by atoms with Gasteiger partial charge in [-0.15, -0.1) is 0 Å². The number of amides is 3. The van der Waals surface area contributed by atoms with Gasteiger partial charge in [0.2, 0.25) is 5.91 Å². The molecule has 0 radical (unpaired) electrons. The van der Waals surface area contributed by atoms with Gasteiger partial charge in [0, 0.05) is 28.9 Å². The number of nitrogens with zero attached hydrogens (tertiary/aromatic N) is 7. The van der Waals surface area contributed by atoms with Crippen LogP contribution in [0.4, 0.5) is 10.6 Å². The molecule has 0 aliphatic carbocycles. The molecule has 0 saturated carbocycles. The molecule has 216 valence electrons. The predicted molar refractivity (Wildman–Crippen MR) is 142 cm³/mol. The molecule has 3 amide bonds. The summed E-state index contributed by atoms with van der Waals surface area (Å²) in [4.78, 5) is 38.6. The largest absolute Gasteiger partial charge is 0.390 e. The molecule has 0 bridgehead atoms. The number of rotatable bonds is 11. The molecule has 3 aliphatic heterocycles. The molecular formula is C20H28N12O6S2. The molecule has 40 heavy (non-hydrogen) atoms. The lowest BCUT2D eigenvalue weighted by Gasteiger charge is -2.17. The van der Waals surface area contributed by atoms with Crippen LogP contribution in [0.2, 0.25) is 0 Å². The van der Waals surface area contributed by atoms with Gasteiger partial charge in [0.05, 0.1) is 24.5 Å². The van der Waals surface area contributed by atoms with Crippen molar-refractivity contribution in [2.75, 3.05) is 18.0 Å². The van der Waals surface area contributed by atoms with Gasteiger partial charge in [-0.1, -0.05) is 11.5 Å². The third-order valence-electron chi connectivity index (χ3n) is 6.99. The number of carbonyl (C=O) groups is 2. The van der Waals surface area contributed by atoms with Crippen LogP contribution in [0.15, 0.2) is 17.8 Å². The number of aliphatic hydroxyl groups excluding tert-OH is 1. The Morgan fingerprint density at radius 3 is 2.98 bits per heavy atom. The Morgan fingerprint density at radius 2 is 2.17 bits per heavy atom. The molecule has 18 nitrogen and oxygen atoms in total. The van der Waals surface area contributed by atoms with Gasteiger partial charge >= 0.3 is 16.2 Å². The number of thioether (sulfide) groups is 1. The lowest BCUT2D eigenvalue weighted by atomic mass is 10.0. The fraction of sp³-hybridized carbons (Fsp3) is 0.650. The molecular weight excluding hydrogens is 568 g/mol. The number of anilines is 1. The first-order chi connectivity index (χ1) is 19.2. The fourth-order valence-corrected chi connectivity index (χ4v) is 7.47. The number of fused-ring (bicyclic) bond motifs is 2. The number of nitrogens with one attached hydrogen (secondary N) is 4. The summed E-state index contributed by atoms with van der Waals surface area (Å²) in [6, 6.07) is -1.11. The number of ether oxygens (including phenoxy) is 1. The minimum Gasteiger partial charge on any atom is -0.390 e. The van der Waals surface area contributed by atoms with Crippen LogP contribution in [0.5, 0.6) is 0 Å². The minimum atomic E-state index is -4.26. The number of hydrogen-bond donors (Lipinski definition) is 6. The molecule has 2 aromatic heterocycles. The second-order valence-corrected chi connectivity index (χ2v) is 12.4. The van der Waals surface area contributed by atoms with E-state index in [1.807, 2.05) is 4.72 Å². The molecule has 3 aliphatic rings. The number of aromatic nitrogens is 4. The van der Waals surface area contributed by atoms with E-state index in [2.05, 4.69) is 40.3 Å². The number of nitrogens with two attached hydrogens (primary N) is 1. The Labute approximate surface area is 232 Å². The number of hydrogen-bond acceptors (Lipinski definition) is 12. The highest BCUT2D eigenvalue weighted by Gasteiger charge is 2.45. The summed E-state index contributed by atoms with van der Waals surface area (Å²) in [6.07, 6.45) is 0.950. The maximum Gasteiger partial charge on any atom is 0.315 e. The van der Waals surface area contributed by atoms with Crippen molar-refractivity contribution in [1.82, 2.24) is 39.6 Å². The van der Waals surface area contributed by atoms with Crippen LogP contribution in [0.25, 0.3) is 21.6 Å². The molecule has 0 spiro atoms. The zero-order chi connectivity index (χ0) is 28.4. The van der Waals surface area contributed by atoms with Crippen LogP contribution in [-0.2, 0) is 19.7 Å². The molecule has 7 atom stereocenters. The van der Waals surface area contributed by atoms with Crippen LogP contribution < -0.4 is 25.8 Å². The van der Waals surface area contributed by atoms with E-state index in [-0.39, 0.29) is 46.8 Å². The topological polar surface area (TPSA) is 264 Å². The number of carbonyl (C=O) groups excluding carboxylic acids is 2. The monoisotopic (exact) mass is 596 g/mol. The third-order valence-corrected chi connectivity index (χ3v) is 9.54. The Morgan fingerprint density at radius 1 is 1.35 bits per heavy atom. The smallest absolute Gasteiger partial charge is 0.315 e. The number of unbranched alkanes of at least 4 members (excludes halogenated alkanes) is 1. The first-order valence-corrected chi connectivity index (χ1v) is 15.0. The molecule has 1 unspecified atom stereocenters. The van der Waals surface area contributed by atoms with E-state index in [9.17, 15) is 23.1 Å². The van der Waals surface area contributed by atoms with Crippen molar-refractivity contribution >= 4 is 50.9 Å². The first-order valence-electron chi connectivity index (χ1n) is 12.5. The van der Waals surface area contributed by atoms with Gasteiger partial charge in [-0.2, -0.15) is 24.9 Å². The number of urea groups is 1. The normalized spacial score (nSPS) is 29.5. The fourth-order valence-electron chi connectivity index (χ4n) is 5.07. The summed E-state index contributed by atoms with van der Waals surface area (Å²) >= 11 is 1.77. The van der Waals surface area contributed by atoms with Crippen molar-refractivity contribution < 1.29 is 27.9 Å². The van der Waals surface area contributed by atoms with Gasteiger partial charge in [0.1, 0.15) is 30.2 Å². The van der Waals surface area contributed by atoms with E-state index in [4.69, 9.17) is 16.0 Å². The molecule has 5 rings (SSSR count). The zero-order valence-corrected chi connectivity index (χ0v) is 22.6. The number of nitrogen functional groups attached to an aromatic ring is 1. The van der Waals surface area contributed by atoms with E-state index in [0.29, 0.717) is 12.8 Å². The maximum atomic E-state index is 12.5. The van der Waals surface area contributed by atoms with Crippen molar-refractivity contribution in [1.29, 1.82) is 0 Å². The van der Waals surface area contributed by atoms with E-state index in [1.54, 1.807) is 11.8 Å². The van der Waals surface area contributed by atoms with Crippen molar-refractivity contribution in [3.05, 3.63) is 23.1 Å². The van der Waals surface area contributed by atoms with Gasteiger partial charge < -0.3 is 26.2 Å². The maximum absolute atomic E-state index is 12.5. The van der Waals surface area contributed by atoms with Gasteiger partial charge in [-0.05, 0) is 18.4 Å². The van der Waals surface area contributed by atoms with E-state index >= 15 is 0 Å². The minimum absolute atomic E-state index is 0.000716. The standard InChI is InChI=1S/C20H28N12O6S2/c21-17-15-18(24-7-23-17)32(8-25-15)19-14(29-31-22)16(34)10(38-19)5-26-40(36,37)30-12(33)4-2-1-3-11-13-9(6-39-11)27-20(35)28-13/h7-11,13-14,16,19,26,34H,1-6H2,(H,30,33)(H2,21,23,24)(H2,27,28,35)/t9-,10+,11-,13-,14?,16+,19+/m0/s1. The average molecular weight is 597 g/mol. The van der Waals surface area contributed by atoms with Crippen molar-refractivity contribution in [3.8, 4) is 0 Å². The number of aliphatic hydroxyl groups is 1. The average Bonchev–Trinajstić information content (AvgIpc) is 3.65. The SMILES string of the molecule is [N-]=[N+]=NC1[C@H](n2cnc3c(N)ncnc32)O[C@H](CNS(=O)(=O)NC(=O)CCCC[C@@H]2SC[C@@H]3NC(=O)N[C@@H]32)[C@H]1O. The molecule has 3 fully saturated rings. The van der Waals surface area contributed by atoms with E-state index < -0.39 is 47.1 Å². The molecule has 0 aromatic carbocycles. The molecule has 20 heteroatoms. The summed E-state index contributed by atoms with van der Waals surface area (Å²) < 4.78 is 36.3. The summed E-state index contributed by atoms with van der Waals surface area (Å²) in [5.41, 5.74) is 15.4. The summed E-state index contributed by atoms with van der Waals surface area (Å²) in [6.45, 7) is -0.414. The Hall–Kier alpha value is -3.42. The van der Waals surface area contributed by atoms with Crippen LogP contribution >= 0.6 is 11.8 Å². The Balaban J connectivity index is 1.11. The zero-order valence-electron chi connectivity index (χ0n) is 21.0. The van der Waals surface area contributed by atoms with E-state index in [1.165, 1.54) is 17.2 Å². The second kappa shape index (κ2) is 11.6. The van der Waals surface area contributed by atoms with Gasteiger partial charge in [0.15, 0.2) is 11.5 Å². The van der Waals surface area contributed by atoms with Gasteiger partial charge in [-0.3, -0.25) is 9.36 Å². The quantitative estimate of drug-likeness (QED) is 0.0603. The number of imidazole rings is 1. The Kier molecular flexibility index (Phi) is 8.15. The van der Waals surface area contributed by atoms with Crippen LogP contribution in [0.3, 0.4) is 0 Å². The van der Waals surface area contributed by atoms with Crippen LogP contribution in [0, 0.1) is 0 Å². The highest BCUT2D eigenvalue weighted by atomic mass is 32.2. The van der Waals surface area contributed by atoms with Crippen molar-refractivity contribution in [2.45, 2.75) is 67.5 Å². The van der Waals surface area contributed by atoms with Crippen LogP contribution in [0.1, 0.15) is 31.9 Å². The molecule has 5 heterocycles. The molecule has 7 N–H and O–H groups in total. The lowest BCUT2D eigenvalue weighted by Crippen LogP contribution is -2.45. The molecule has 3 saturated heterocycles.